The molecule has 9 heteroatoms. The van der Waals surface area contributed by atoms with Crippen LogP contribution in [0.15, 0.2) is 51.3 Å². The number of anilines is 1. The van der Waals surface area contributed by atoms with Gasteiger partial charge in [0.2, 0.25) is 0 Å². The normalized spacial score (nSPS) is 18.4. The summed E-state index contributed by atoms with van der Waals surface area (Å²) in [7, 11) is 3.31. The molecule has 0 radical (unpaired) electrons. The fourth-order valence-corrected chi connectivity index (χ4v) is 3.81. The van der Waals surface area contributed by atoms with Crippen LogP contribution in [0.1, 0.15) is 23.2 Å². The molecule has 148 valence electrons. The molecule has 4 rings (SSSR count). The third-order valence-corrected chi connectivity index (χ3v) is 5.10. The van der Waals surface area contributed by atoms with Gasteiger partial charge in [-0.2, -0.15) is 10.2 Å². The van der Waals surface area contributed by atoms with Gasteiger partial charge in [0.05, 0.1) is 23.0 Å². The Bertz CT molecular complexity index is 1190. The van der Waals surface area contributed by atoms with Gasteiger partial charge in [-0.25, -0.2) is 13.9 Å². The molecular formula is C20H18F2N6O. The van der Waals surface area contributed by atoms with Gasteiger partial charge in [-0.3, -0.25) is 14.8 Å². The van der Waals surface area contributed by atoms with Crippen LogP contribution in [-0.4, -0.2) is 41.9 Å². The Balaban J connectivity index is 2.02. The fourth-order valence-electron chi connectivity index (χ4n) is 3.81. The van der Waals surface area contributed by atoms with Crippen LogP contribution in [-0.2, 0) is 0 Å². The Morgan fingerprint density at radius 1 is 1.21 bits per heavy atom. The third kappa shape index (κ3) is 3.04. The second kappa shape index (κ2) is 7.08. The van der Waals surface area contributed by atoms with E-state index in [9.17, 15) is 13.6 Å². The lowest BCUT2D eigenvalue weighted by Gasteiger charge is -2.36. The van der Waals surface area contributed by atoms with Crippen molar-refractivity contribution in [2.45, 2.75) is 12.0 Å². The molecule has 1 aliphatic heterocycles. The number of aromatic nitrogens is 2. The fraction of sp³-hybridized carbons (Fsp3) is 0.200. The highest BCUT2D eigenvalue weighted by Crippen LogP contribution is 2.44. The molecule has 2 heterocycles. The number of aromatic amines is 1. The highest BCUT2D eigenvalue weighted by molar-refractivity contribution is 6.02. The van der Waals surface area contributed by atoms with Gasteiger partial charge in [0, 0.05) is 31.9 Å². The molecule has 2 atom stereocenters. The number of rotatable bonds is 3. The first-order valence-corrected chi connectivity index (χ1v) is 8.85. The average molecular weight is 396 g/mol. The second-order valence-corrected chi connectivity index (χ2v) is 6.71. The summed E-state index contributed by atoms with van der Waals surface area (Å²) in [5, 5.41) is 16.2. The Labute approximate surface area is 164 Å². The van der Waals surface area contributed by atoms with Crippen molar-refractivity contribution in [2.24, 2.45) is 10.1 Å². The van der Waals surface area contributed by atoms with Gasteiger partial charge in [0.1, 0.15) is 17.5 Å². The minimum absolute atomic E-state index is 0.185. The molecule has 3 aromatic rings. The number of hydrogen-bond acceptors (Lipinski definition) is 5. The van der Waals surface area contributed by atoms with Crippen molar-refractivity contribution in [3.63, 3.8) is 0 Å². The largest absolute Gasteiger partial charge is 0.376 e. The molecule has 0 saturated heterocycles. The maximum Gasteiger partial charge on any atom is 0.272 e. The summed E-state index contributed by atoms with van der Waals surface area (Å²) in [6, 6.07) is 8.01. The van der Waals surface area contributed by atoms with Crippen molar-refractivity contribution in [3.8, 4) is 0 Å². The highest BCUT2D eigenvalue weighted by Gasteiger charge is 2.38. The highest BCUT2D eigenvalue weighted by atomic mass is 19.1. The summed E-state index contributed by atoms with van der Waals surface area (Å²) in [4.78, 5) is 16.6. The number of nitrogens with one attached hydrogen (secondary N) is 2. The first-order chi connectivity index (χ1) is 13.9. The van der Waals surface area contributed by atoms with Gasteiger partial charge < -0.3 is 5.32 Å². The minimum atomic E-state index is -0.548. The molecule has 0 aliphatic carbocycles. The minimum Gasteiger partial charge on any atom is -0.376 e. The van der Waals surface area contributed by atoms with Crippen molar-refractivity contribution in [1.82, 2.24) is 15.2 Å². The predicted molar refractivity (Wildman–Crippen MR) is 108 cm³/mol. The summed E-state index contributed by atoms with van der Waals surface area (Å²) >= 11 is 0. The van der Waals surface area contributed by atoms with E-state index < -0.39 is 23.3 Å². The van der Waals surface area contributed by atoms with Gasteiger partial charge in [0.15, 0.2) is 0 Å². The molecule has 0 unspecified atom stereocenters. The Morgan fingerprint density at radius 3 is 2.59 bits per heavy atom. The molecule has 2 N–H and O–H groups in total. The van der Waals surface area contributed by atoms with Crippen LogP contribution in [0.5, 0.6) is 0 Å². The van der Waals surface area contributed by atoms with E-state index in [1.807, 2.05) is 0 Å². The zero-order valence-corrected chi connectivity index (χ0v) is 15.8. The van der Waals surface area contributed by atoms with E-state index >= 15 is 0 Å². The lowest BCUT2D eigenvalue weighted by molar-refractivity contribution is 0.502. The summed E-state index contributed by atoms with van der Waals surface area (Å²) in [6.07, 6.45) is 0. The standard InChI is InChI=1S/C20H18F2N6O/c1-23-19(28(3)24-2)16-17(10-4-6-11(21)7-5-10)25-14-9-12(22)8-13-15(14)18(16)26-27-20(13)29/h4-9,16-17,25H,2H2,1,3H3,(H,27,29)/b23-19-/t16-,17-/m1/s1. The van der Waals surface area contributed by atoms with Gasteiger partial charge in [-0.05, 0) is 29.8 Å². The molecule has 0 spiro atoms. The SMILES string of the molecule is C=NN(C)/C(=N\C)[C@H]1c2n[nH]c(=O)c3cc(F)cc(c23)N[C@@H]1c1ccc(F)cc1. The van der Waals surface area contributed by atoms with Crippen molar-refractivity contribution >= 4 is 29.0 Å². The lowest BCUT2D eigenvalue weighted by atomic mass is 9.83. The predicted octanol–water partition coefficient (Wildman–Crippen LogP) is 3.03. The average Bonchev–Trinajstić information content (AvgIpc) is 2.72. The first kappa shape index (κ1) is 18.7. The Morgan fingerprint density at radius 2 is 1.93 bits per heavy atom. The lowest BCUT2D eigenvalue weighted by Crippen LogP contribution is -2.37. The molecular weight excluding hydrogens is 378 g/mol. The summed E-state index contributed by atoms with van der Waals surface area (Å²) in [6.45, 7) is 3.55. The van der Waals surface area contributed by atoms with Crippen LogP contribution in [0.3, 0.4) is 0 Å². The van der Waals surface area contributed by atoms with Crippen LogP contribution in [0.25, 0.3) is 10.8 Å². The third-order valence-electron chi connectivity index (χ3n) is 5.10. The number of nitrogens with zero attached hydrogens (tertiary/aromatic N) is 4. The topological polar surface area (TPSA) is 85.7 Å². The molecule has 1 aromatic heterocycles. The zero-order chi connectivity index (χ0) is 20.7. The molecule has 1 aliphatic rings. The summed E-state index contributed by atoms with van der Waals surface area (Å²) < 4.78 is 27.7. The van der Waals surface area contributed by atoms with Crippen LogP contribution >= 0.6 is 0 Å². The maximum atomic E-state index is 14.2. The van der Waals surface area contributed by atoms with E-state index in [0.29, 0.717) is 22.6 Å². The number of hydrazone groups is 1. The van der Waals surface area contributed by atoms with Gasteiger partial charge >= 0.3 is 0 Å². The molecule has 2 aromatic carbocycles. The van der Waals surface area contributed by atoms with Crippen LogP contribution < -0.4 is 10.9 Å². The number of benzene rings is 2. The second-order valence-electron chi connectivity index (χ2n) is 6.71. The van der Waals surface area contributed by atoms with Crippen molar-refractivity contribution in [3.05, 3.63) is 69.6 Å². The first-order valence-electron chi connectivity index (χ1n) is 8.85. The van der Waals surface area contributed by atoms with E-state index in [4.69, 9.17) is 0 Å². The molecule has 0 fully saturated rings. The smallest absolute Gasteiger partial charge is 0.272 e. The van der Waals surface area contributed by atoms with E-state index in [1.54, 1.807) is 26.2 Å². The molecule has 29 heavy (non-hydrogen) atoms. The number of halogens is 2. The number of likely N-dealkylation sites (N-methyl/N-ethyl adjacent to an activating group) is 1. The van der Waals surface area contributed by atoms with E-state index in [2.05, 4.69) is 32.3 Å². The number of amidine groups is 1. The monoisotopic (exact) mass is 396 g/mol. The Hall–Kier alpha value is -3.62. The molecule has 0 saturated carbocycles. The van der Waals surface area contributed by atoms with E-state index in [1.165, 1.54) is 29.3 Å². The number of hydrogen-bond donors (Lipinski definition) is 2. The van der Waals surface area contributed by atoms with Gasteiger partial charge in [0.25, 0.3) is 5.56 Å². The van der Waals surface area contributed by atoms with Crippen LogP contribution in [0, 0.1) is 11.6 Å². The maximum absolute atomic E-state index is 14.2. The van der Waals surface area contributed by atoms with Crippen molar-refractivity contribution in [1.29, 1.82) is 0 Å². The van der Waals surface area contributed by atoms with Crippen molar-refractivity contribution in [2.75, 3.05) is 19.4 Å². The van der Waals surface area contributed by atoms with E-state index in [-0.39, 0.29) is 11.2 Å². The molecule has 0 amide bonds. The number of aliphatic imine (C=N–C) groups is 1. The Kier molecular flexibility index (Phi) is 4.57. The van der Waals surface area contributed by atoms with Crippen LogP contribution in [0.2, 0.25) is 0 Å². The number of H-pyrrole nitrogens is 1. The summed E-state index contributed by atoms with van der Waals surface area (Å²) in [5.41, 5.74) is 1.20. The molecule has 7 nitrogen and oxygen atoms in total. The van der Waals surface area contributed by atoms with Crippen molar-refractivity contribution < 1.29 is 8.78 Å². The quantitative estimate of drug-likeness (QED) is 0.405. The zero-order valence-electron chi connectivity index (χ0n) is 15.8. The molecule has 0 bridgehead atoms. The summed E-state index contributed by atoms with van der Waals surface area (Å²) in [5.74, 6) is -0.893. The van der Waals surface area contributed by atoms with E-state index in [0.717, 1.165) is 5.56 Å². The van der Waals surface area contributed by atoms with Gasteiger partial charge in [-0.15, -0.1) is 0 Å². The van der Waals surface area contributed by atoms with Crippen LogP contribution in [0.4, 0.5) is 14.5 Å². The van der Waals surface area contributed by atoms with Gasteiger partial charge in [-0.1, -0.05) is 12.1 Å².